The van der Waals surface area contributed by atoms with E-state index < -0.39 is 0 Å². The largest absolute Gasteiger partial charge is 0.327 e. The van der Waals surface area contributed by atoms with E-state index in [2.05, 4.69) is 47.7 Å². The molecule has 2 N–H and O–H groups in total. The fourth-order valence-electron chi connectivity index (χ4n) is 3.55. The van der Waals surface area contributed by atoms with Crippen LogP contribution in [-0.2, 0) is 13.1 Å². The zero-order valence-electron chi connectivity index (χ0n) is 13.1. The van der Waals surface area contributed by atoms with Gasteiger partial charge in [-0.15, -0.1) is 0 Å². The minimum absolute atomic E-state index is 0.227. The number of nitrogens with two attached hydrogens (primary N) is 1. The number of hydrogen-bond acceptors (Lipinski definition) is 3. The molecular weight excluding hydrogens is 260 g/mol. The third kappa shape index (κ3) is 2.83. The van der Waals surface area contributed by atoms with Gasteiger partial charge in [0.05, 0.1) is 11.2 Å². The van der Waals surface area contributed by atoms with Gasteiger partial charge in [0, 0.05) is 30.6 Å². The quantitative estimate of drug-likeness (QED) is 0.940. The number of piperidine rings is 1. The van der Waals surface area contributed by atoms with E-state index in [4.69, 9.17) is 10.8 Å². The lowest BCUT2D eigenvalue weighted by Gasteiger charge is -2.37. The second-order valence-electron chi connectivity index (χ2n) is 6.17. The standard InChI is InChI=1S/C17H26N4/c1-3-21-17-10-5-4-8-14(17)15(19-21)12-20-11-7-6-9-16(20)13(2)18/h4-5,8,10,13,16H,3,6-7,9,11-12,18H2,1-2H3. The number of likely N-dealkylation sites (tertiary alicyclic amines) is 1. The molecule has 1 aromatic heterocycles. The molecule has 2 unspecified atom stereocenters. The molecule has 114 valence electrons. The first-order valence-corrected chi connectivity index (χ1v) is 8.14. The summed E-state index contributed by atoms with van der Waals surface area (Å²) in [5.74, 6) is 0. The lowest BCUT2D eigenvalue weighted by molar-refractivity contribution is 0.121. The van der Waals surface area contributed by atoms with Gasteiger partial charge in [0.15, 0.2) is 0 Å². The van der Waals surface area contributed by atoms with Gasteiger partial charge in [0.1, 0.15) is 0 Å². The topological polar surface area (TPSA) is 47.1 Å². The second-order valence-corrected chi connectivity index (χ2v) is 6.17. The number of rotatable bonds is 4. The maximum absolute atomic E-state index is 6.19. The molecule has 2 heterocycles. The van der Waals surface area contributed by atoms with Crippen LogP contribution in [0, 0.1) is 0 Å². The summed E-state index contributed by atoms with van der Waals surface area (Å²) in [4.78, 5) is 2.53. The average molecular weight is 286 g/mol. The maximum atomic E-state index is 6.19. The lowest BCUT2D eigenvalue weighted by atomic mass is 9.96. The van der Waals surface area contributed by atoms with Crippen LogP contribution in [0.1, 0.15) is 38.8 Å². The van der Waals surface area contributed by atoms with E-state index in [9.17, 15) is 0 Å². The van der Waals surface area contributed by atoms with Crippen LogP contribution in [0.4, 0.5) is 0 Å². The Kier molecular flexibility index (Phi) is 4.27. The van der Waals surface area contributed by atoms with Gasteiger partial charge in [0.25, 0.3) is 0 Å². The van der Waals surface area contributed by atoms with Crippen LogP contribution in [0.2, 0.25) is 0 Å². The SMILES string of the molecule is CCn1nc(CN2CCCCC2C(C)N)c2ccccc21. The van der Waals surface area contributed by atoms with Crippen molar-refractivity contribution in [3.05, 3.63) is 30.0 Å². The Hall–Kier alpha value is -1.39. The van der Waals surface area contributed by atoms with Crippen molar-refractivity contribution < 1.29 is 0 Å². The smallest absolute Gasteiger partial charge is 0.0843 e. The molecule has 3 rings (SSSR count). The van der Waals surface area contributed by atoms with Crippen molar-refractivity contribution in [2.24, 2.45) is 5.73 Å². The fourth-order valence-corrected chi connectivity index (χ4v) is 3.55. The number of aryl methyl sites for hydroxylation is 1. The van der Waals surface area contributed by atoms with E-state index in [0.29, 0.717) is 6.04 Å². The van der Waals surface area contributed by atoms with Crippen LogP contribution >= 0.6 is 0 Å². The molecule has 4 nitrogen and oxygen atoms in total. The van der Waals surface area contributed by atoms with Crippen molar-refractivity contribution in [1.82, 2.24) is 14.7 Å². The molecule has 0 radical (unpaired) electrons. The summed E-state index contributed by atoms with van der Waals surface area (Å²) in [6.07, 6.45) is 3.78. The highest BCUT2D eigenvalue weighted by atomic mass is 15.3. The monoisotopic (exact) mass is 286 g/mol. The highest BCUT2D eigenvalue weighted by Gasteiger charge is 2.26. The molecule has 0 spiro atoms. The van der Waals surface area contributed by atoms with Gasteiger partial charge in [-0.2, -0.15) is 5.10 Å². The molecule has 0 bridgehead atoms. The molecule has 2 atom stereocenters. The predicted molar refractivity (Wildman–Crippen MR) is 87.1 cm³/mol. The van der Waals surface area contributed by atoms with Crippen LogP contribution in [0.5, 0.6) is 0 Å². The van der Waals surface area contributed by atoms with Gasteiger partial charge in [0.2, 0.25) is 0 Å². The third-order valence-corrected chi connectivity index (χ3v) is 4.66. The highest BCUT2D eigenvalue weighted by molar-refractivity contribution is 5.81. The summed E-state index contributed by atoms with van der Waals surface area (Å²) in [5.41, 5.74) is 8.62. The number of aromatic nitrogens is 2. The van der Waals surface area contributed by atoms with Crippen LogP contribution < -0.4 is 5.73 Å². The second kappa shape index (κ2) is 6.16. The van der Waals surface area contributed by atoms with Crippen molar-refractivity contribution in [1.29, 1.82) is 0 Å². The molecule has 0 aliphatic carbocycles. The summed E-state index contributed by atoms with van der Waals surface area (Å²) in [7, 11) is 0. The third-order valence-electron chi connectivity index (χ3n) is 4.66. The average Bonchev–Trinajstić information content (AvgIpc) is 2.86. The van der Waals surface area contributed by atoms with Gasteiger partial charge in [-0.25, -0.2) is 0 Å². The molecule has 1 aliphatic heterocycles. The molecule has 1 aromatic carbocycles. The van der Waals surface area contributed by atoms with Gasteiger partial charge in [-0.05, 0) is 39.3 Å². The molecule has 0 saturated carbocycles. The highest BCUT2D eigenvalue weighted by Crippen LogP contribution is 2.25. The normalized spacial score (nSPS) is 21.8. The minimum atomic E-state index is 0.227. The Bertz CT molecular complexity index is 602. The Morgan fingerprint density at radius 2 is 2.14 bits per heavy atom. The van der Waals surface area contributed by atoms with Crippen molar-refractivity contribution >= 4 is 10.9 Å². The van der Waals surface area contributed by atoms with Crippen molar-refractivity contribution in [3.63, 3.8) is 0 Å². The molecule has 21 heavy (non-hydrogen) atoms. The Morgan fingerprint density at radius 1 is 1.33 bits per heavy atom. The first-order chi connectivity index (χ1) is 10.2. The zero-order valence-corrected chi connectivity index (χ0v) is 13.1. The van der Waals surface area contributed by atoms with E-state index >= 15 is 0 Å². The van der Waals surface area contributed by atoms with Crippen molar-refractivity contribution in [2.75, 3.05) is 6.54 Å². The van der Waals surface area contributed by atoms with Crippen LogP contribution in [0.3, 0.4) is 0 Å². The minimum Gasteiger partial charge on any atom is -0.327 e. The number of hydrogen-bond donors (Lipinski definition) is 1. The first kappa shape index (κ1) is 14.5. The molecule has 0 amide bonds. The van der Waals surface area contributed by atoms with E-state index in [1.165, 1.54) is 35.9 Å². The van der Waals surface area contributed by atoms with Crippen LogP contribution in [-0.4, -0.2) is 33.3 Å². The molecule has 1 aliphatic rings. The fraction of sp³-hybridized carbons (Fsp3) is 0.588. The van der Waals surface area contributed by atoms with Crippen LogP contribution in [0.15, 0.2) is 24.3 Å². The van der Waals surface area contributed by atoms with Gasteiger partial charge < -0.3 is 5.73 Å². The molecule has 1 saturated heterocycles. The van der Waals surface area contributed by atoms with Crippen LogP contribution in [0.25, 0.3) is 10.9 Å². The maximum Gasteiger partial charge on any atom is 0.0843 e. The zero-order chi connectivity index (χ0) is 14.8. The summed E-state index contributed by atoms with van der Waals surface area (Å²) in [5, 5.41) is 6.12. The summed E-state index contributed by atoms with van der Waals surface area (Å²) in [6.45, 7) is 7.25. The van der Waals surface area contributed by atoms with E-state index in [1.807, 2.05) is 0 Å². The molecule has 1 fully saturated rings. The summed E-state index contributed by atoms with van der Waals surface area (Å²) < 4.78 is 2.11. The van der Waals surface area contributed by atoms with E-state index in [1.54, 1.807) is 0 Å². The molecular formula is C17H26N4. The predicted octanol–water partition coefficient (Wildman–Crippen LogP) is 2.76. The summed E-state index contributed by atoms with van der Waals surface area (Å²) >= 11 is 0. The number of nitrogens with zero attached hydrogens (tertiary/aromatic N) is 3. The van der Waals surface area contributed by atoms with Gasteiger partial charge >= 0.3 is 0 Å². The Morgan fingerprint density at radius 3 is 2.90 bits per heavy atom. The van der Waals surface area contributed by atoms with Crippen molar-refractivity contribution in [3.8, 4) is 0 Å². The number of para-hydroxylation sites is 1. The van der Waals surface area contributed by atoms with Crippen molar-refractivity contribution in [2.45, 2.75) is 58.3 Å². The first-order valence-electron chi connectivity index (χ1n) is 8.14. The number of fused-ring (bicyclic) bond motifs is 1. The lowest BCUT2D eigenvalue weighted by Crippen LogP contribution is -2.48. The summed E-state index contributed by atoms with van der Waals surface area (Å²) in [6, 6.07) is 9.26. The number of benzene rings is 1. The Balaban J connectivity index is 1.90. The van der Waals surface area contributed by atoms with E-state index in [0.717, 1.165) is 19.6 Å². The van der Waals surface area contributed by atoms with Gasteiger partial charge in [-0.3, -0.25) is 9.58 Å². The van der Waals surface area contributed by atoms with Gasteiger partial charge in [-0.1, -0.05) is 24.6 Å². The molecule has 2 aromatic rings. The Labute approximate surface area is 126 Å². The van der Waals surface area contributed by atoms with E-state index in [-0.39, 0.29) is 6.04 Å². The molecule has 4 heteroatoms.